The summed E-state index contributed by atoms with van der Waals surface area (Å²) in [6, 6.07) is 4.40. The highest BCUT2D eigenvalue weighted by molar-refractivity contribution is 6.31. The van der Waals surface area contributed by atoms with Crippen LogP contribution >= 0.6 is 11.6 Å². The van der Waals surface area contributed by atoms with Crippen LogP contribution in [0.25, 0.3) is 0 Å². The van der Waals surface area contributed by atoms with E-state index in [1.807, 2.05) is 6.92 Å². The van der Waals surface area contributed by atoms with Crippen molar-refractivity contribution in [2.75, 3.05) is 26.2 Å². The predicted molar refractivity (Wildman–Crippen MR) is 84.1 cm³/mol. The van der Waals surface area contributed by atoms with Crippen LogP contribution in [0, 0.1) is 0 Å². The molecule has 0 bridgehead atoms. The minimum Gasteiger partial charge on any atom is -0.491 e. The van der Waals surface area contributed by atoms with Crippen molar-refractivity contribution in [2.24, 2.45) is 5.73 Å². The first-order valence-electron chi connectivity index (χ1n) is 7.29. The summed E-state index contributed by atoms with van der Waals surface area (Å²) in [5.41, 5.74) is 5.79. The molecule has 22 heavy (non-hydrogen) atoms. The van der Waals surface area contributed by atoms with Crippen LogP contribution in [-0.4, -0.2) is 49.0 Å². The van der Waals surface area contributed by atoms with Crippen molar-refractivity contribution in [2.45, 2.75) is 19.4 Å². The van der Waals surface area contributed by atoms with Gasteiger partial charge in [0.2, 0.25) is 5.91 Å². The molecule has 1 heterocycles. The van der Waals surface area contributed by atoms with Crippen molar-refractivity contribution >= 4 is 23.4 Å². The fraction of sp³-hybridized carbons (Fsp3) is 0.467. The molecule has 1 aliphatic rings. The number of carbonyl (C=O) groups excluding carboxylic acids is 2. The molecule has 1 fully saturated rings. The molecule has 0 aromatic heterocycles. The Morgan fingerprint density at radius 2 is 2.32 bits per heavy atom. The largest absolute Gasteiger partial charge is 0.491 e. The van der Waals surface area contributed by atoms with Gasteiger partial charge in [-0.1, -0.05) is 18.5 Å². The molecule has 1 atom stereocenters. The second-order valence-corrected chi connectivity index (χ2v) is 5.43. The molecular formula is C15H20ClN3O3. The molecule has 120 valence electrons. The molecule has 7 heteroatoms. The number of hydrogen-bond acceptors (Lipinski definition) is 4. The summed E-state index contributed by atoms with van der Waals surface area (Å²) in [5.74, 6) is 0.0467. The van der Waals surface area contributed by atoms with Gasteiger partial charge in [0.05, 0.1) is 5.56 Å². The molecule has 0 spiro atoms. The second kappa shape index (κ2) is 7.47. The highest BCUT2D eigenvalue weighted by Gasteiger charge is 2.33. The molecule has 0 aliphatic carbocycles. The Morgan fingerprint density at radius 1 is 1.55 bits per heavy atom. The van der Waals surface area contributed by atoms with Crippen LogP contribution in [0.1, 0.15) is 23.7 Å². The summed E-state index contributed by atoms with van der Waals surface area (Å²) in [6.07, 6.45) is 0.553. The van der Waals surface area contributed by atoms with E-state index in [4.69, 9.17) is 22.1 Å². The molecule has 1 aromatic carbocycles. The number of carbonyl (C=O) groups is 2. The van der Waals surface area contributed by atoms with Crippen molar-refractivity contribution in [3.8, 4) is 5.75 Å². The van der Waals surface area contributed by atoms with Crippen molar-refractivity contribution in [3.05, 3.63) is 28.8 Å². The summed E-state index contributed by atoms with van der Waals surface area (Å²) in [7, 11) is 0. The van der Waals surface area contributed by atoms with Crippen molar-refractivity contribution < 1.29 is 14.3 Å². The summed E-state index contributed by atoms with van der Waals surface area (Å²) in [4.78, 5) is 26.3. The van der Waals surface area contributed by atoms with Gasteiger partial charge in [-0.3, -0.25) is 9.59 Å². The maximum atomic E-state index is 12.8. The molecule has 1 aliphatic heterocycles. The number of nitrogens with two attached hydrogens (primary N) is 1. The minimum absolute atomic E-state index is 0.131. The normalized spacial score (nSPS) is 18.0. The Balaban J connectivity index is 2.31. The maximum absolute atomic E-state index is 12.8. The number of ether oxygens (including phenoxy) is 1. The quantitative estimate of drug-likeness (QED) is 0.846. The van der Waals surface area contributed by atoms with E-state index in [0.29, 0.717) is 49.0 Å². The van der Waals surface area contributed by atoms with Gasteiger partial charge in [-0.15, -0.1) is 0 Å². The monoisotopic (exact) mass is 325 g/mol. The first kappa shape index (κ1) is 16.6. The van der Waals surface area contributed by atoms with Gasteiger partial charge in [0, 0.05) is 24.7 Å². The number of piperazine rings is 1. The van der Waals surface area contributed by atoms with E-state index in [1.54, 1.807) is 23.1 Å². The minimum atomic E-state index is -0.470. The highest BCUT2D eigenvalue weighted by Crippen LogP contribution is 2.26. The smallest absolute Gasteiger partial charge is 0.258 e. The Kier molecular flexibility index (Phi) is 5.63. The van der Waals surface area contributed by atoms with Gasteiger partial charge in [-0.05, 0) is 24.6 Å². The zero-order valence-electron chi connectivity index (χ0n) is 12.5. The average molecular weight is 326 g/mol. The topological polar surface area (TPSA) is 84.7 Å². The van der Waals surface area contributed by atoms with Crippen molar-refractivity contribution in [1.29, 1.82) is 0 Å². The molecule has 0 radical (unpaired) electrons. The molecule has 2 rings (SSSR count). The summed E-state index contributed by atoms with van der Waals surface area (Å²) in [5, 5.41) is 3.22. The third-order valence-electron chi connectivity index (χ3n) is 3.53. The zero-order valence-corrected chi connectivity index (χ0v) is 13.2. The standard InChI is InChI=1S/C15H20ClN3O3/c1-2-12-14(20)18-6-7-19(12)15(21)11-9-10(16)3-4-13(11)22-8-5-17/h3-4,9,12H,2,5-8,17H2,1H3,(H,18,20)/t12-/m1/s1. The van der Waals surface area contributed by atoms with E-state index in [9.17, 15) is 9.59 Å². The number of rotatable bonds is 5. The van der Waals surface area contributed by atoms with Gasteiger partial charge in [-0.25, -0.2) is 0 Å². The summed E-state index contributed by atoms with van der Waals surface area (Å²) in [6.45, 7) is 3.44. The number of hydrogen-bond donors (Lipinski definition) is 2. The van der Waals surface area contributed by atoms with Gasteiger partial charge in [0.15, 0.2) is 0 Å². The number of nitrogens with zero attached hydrogens (tertiary/aromatic N) is 1. The average Bonchev–Trinajstić information content (AvgIpc) is 2.52. The molecule has 6 nitrogen and oxygen atoms in total. The van der Waals surface area contributed by atoms with Crippen LogP contribution in [0.4, 0.5) is 0 Å². The Morgan fingerprint density at radius 3 is 3.00 bits per heavy atom. The van der Waals surface area contributed by atoms with E-state index in [1.165, 1.54) is 0 Å². The Labute approximate surface area is 134 Å². The second-order valence-electron chi connectivity index (χ2n) is 4.99. The molecule has 2 amide bonds. The predicted octanol–water partition coefficient (Wildman–Crippen LogP) is 1.03. The van der Waals surface area contributed by atoms with Gasteiger partial charge in [0.25, 0.3) is 5.91 Å². The van der Waals surface area contributed by atoms with Crippen LogP contribution in [0.3, 0.4) is 0 Å². The lowest BCUT2D eigenvalue weighted by atomic mass is 10.1. The van der Waals surface area contributed by atoms with E-state index in [2.05, 4.69) is 5.32 Å². The highest BCUT2D eigenvalue weighted by atomic mass is 35.5. The molecule has 1 saturated heterocycles. The molecular weight excluding hydrogens is 306 g/mol. The number of benzene rings is 1. The Bertz CT molecular complexity index is 565. The number of amides is 2. The fourth-order valence-electron chi connectivity index (χ4n) is 2.48. The first-order chi connectivity index (χ1) is 10.6. The lowest BCUT2D eigenvalue weighted by molar-refractivity contribution is -0.127. The first-order valence-corrected chi connectivity index (χ1v) is 7.67. The lowest BCUT2D eigenvalue weighted by Gasteiger charge is -2.34. The molecule has 1 aromatic rings. The number of nitrogens with one attached hydrogen (secondary N) is 1. The zero-order chi connectivity index (χ0) is 16.1. The lowest BCUT2D eigenvalue weighted by Crippen LogP contribution is -2.56. The van der Waals surface area contributed by atoms with Crippen molar-refractivity contribution in [3.63, 3.8) is 0 Å². The third kappa shape index (κ3) is 3.51. The SMILES string of the molecule is CC[C@@H]1C(=O)NCCN1C(=O)c1cc(Cl)ccc1OCCN. The van der Waals surface area contributed by atoms with E-state index >= 15 is 0 Å². The summed E-state index contributed by atoms with van der Waals surface area (Å²) < 4.78 is 5.52. The van der Waals surface area contributed by atoms with Gasteiger partial charge >= 0.3 is 0 Å². The Hall–Kier alpha value is -1.79. The molecule has 0 unspecified atom stereocenters. The summed E-state index contributed by atoms with van der Waals surface area (Å²) >= 11 is 6.00. The van der Waals surface area contributed by atoms with Crippen LogP contribution in [0.5, 0.6) is 5.75 Å². The van der Waals surface area contributed by atoms with Gasteiger partial charge in [0.1, 0.15) is 18.4 Å². The van der Waals surface area contributed by atoms with Crippen LogP contribution in [0.2, 0.25) is 5.02 Å². The van der Waals surface area contributed by atoms with E-state index < -0.39 is 6.04 Å². The van der Waals surface area contributed by atoms with Crippen LogP contribution < -0.4 is 15.8 Å². The van der Waals surface area contributed by atoms with E-state index in [-0.39, 0.29) is 11.8 Å². The van der Waals surface area contributed by atoms with Crippen molar-refractivity contribution in [1.82, 2.24) is 10.2 Å². The van der Waals surface area contributed by atoms with E-state index in [0.717, 1.165) is 0 Å². The van der Waals surface area contributed by atoms with Gasteiger partial charge < -0.3 is 20.7 Å². The maximum Gasteiger partial charge on any atom is 0.258 e. The molecule has 3 N–H and O–H groups in total. The number of halogens is 1. The van der Waals surface area contributed by atoms with Crippen LogP contribution in [0.15, 0.2) is 18.2 Å². The molecule has 0 saturated carbocycles. The van der Waals surface area contributed by atoms with Crippen LogP contribution in [-0.2, 0) is 4.79 Å². The van der Waals surface area contributed by atoms with Gasteiger partial charge in [-0.2, -0.15) is 0 Å². The third-order valence-corrected chi connectivity index (χ3v) is 3.76. The fourth-order valence-corrected chi connectivity index (χ4v) is 2.65.